The van der Waals surface area contributed by atoms with Crippen LogP contribution < -0.4 is 4.72 Å². The average Bonchev–Trinajstić information content (AvgIpc) is 2.24. The number of benzene rings is 1. The van der Waals surface area contributed by atoms with Crippen molar-refractivity contribution in [2.75, 3.05) is 6.54 Å². The molecule has 0 radical (unpaired) electrons. The minimum absolute atomic E-state index is 0.314. The summed E-state index contributed by atoms with van der Waals surface area (Å²) < 4.78 is 25.2. The summed E-state index contributed by atoms with van der Waals surface area (Å²) in [7, 11) is -3.25. The van der Waals surface area contributed by atoms with Crippen LogP contribution in [0.4, 0.5) is 0 Å². The van der Waals surface area contributed by atoms with Crippen LogP contribution in [0.2, 0.25) is 0 Å². The van der Waals surface area contributed by atoms with Crippen molar-refractivity contribution < 1.29 is 8.42 Å². The fourth-order valence-electron chi connectivity index (χ4n) is 1.13. The molecule has 0 saturated carbocycles. The van der Waals surface area contributed by atoms with Crippen LogP contribution in [0.3, 0.4) is 0 Å². The first-order valence-electron chi connectivity index (χ1n) is 5.54. The molecule has 0 aromatic heterocycles. The van der Waals surface area contributed by atoms with Gasteiger partial charge in [0, 0.05) is 6.54 Å². The van der Waals surface area contributed by atoms with Crippen molar-refractivity contribution in [3.8, 4) is 0 Å². The highest BCUT2D eigenvalue weighted by molar-refractivity contribution is 7.90. The van der Waals surface area contributed by atoms with E-state index < -0.39 is 14.8 Å². The lowest BCUT2D eigenvalue weighted by molar-refractivity contribution is 0.549. The number of rotatable bonds is 4. The van der Waals surface area contributed by atoms with Gasteiger partial charge in [0.2, 0.25) is 10.0 Å². The predicted octanol–water partition coefficient (Wildman–Crippen LogP) is 2.42. The maximum absolute atomic E-state index is 11.7. The van der Waals surface area contributed by atoms with Crippen LogP contribution in [0.5, 0.6) is 0 Å². The van der Waals surface area contributed by atoms with Crippen LogP contribution >= 0.6 is 0 Å². The van der Waals surface area contributed by atoms with Crippen molar-refractivity contribution in [1.29, 1.82) is 0 Å². The predicted molar refractivity (Wildman–Crippen MR) is 72.2 cm³/mol. The molecule has 0 saturated heterocycles. The number of nitrogens with one attached hydrogen (secondary N) is 1. The van der Waals surface area contributed by atoms with Crippen molar-refractivity contribution in [3.63, 3.8) is 0 Å². The van der Waals surface area contributed by atoms with E-state index in [0.717, 1.165) is 5.56 Å². The van der Waals surface area contributed by atoms with Gasteiger partial charge in [-0.05, 0) is 26.3 Å². The van der Waals surface area contributed by atoms with Gasteiger partial charge in [0.15, 0.2) is 0 Å². The molecule has 1 N–H and O–H groups in total. The lowest BCUT2D eigenvalue weighted by atomic mass is 10.2. The molecule has 4 heteroatoms. The third-order valence-electron chi connectivity index (χ3n) is 2.31. The molecule has 94 valence electrons. The summed E-state index contributed by atoms with van der Waals surface area (Å²) in [5.41, 5.74) is 1.06. The van der Waals surface area contributed by atoms with E-state index in [1.807, 2.05) is 36.4 Å². The van der Waals surface area contributed by atoms with Crippen LogP contribution in [-0.2, 0) is 10.0 Å². The zero-order valence-electron chi connectivity index (χ0n) is 10.5. The fourth-order valence-corrected chi connectivity index (χ4v) is 1.88. The fraction of sp³-hybridized carbons (Fsp3) is 0.385. The molecular formula is C13H19NO2S. The van der Waals surface area contributed by atoms with Crippen molar-refractivity contribution in [2.24, 2.45) is 0 Å². The Morgan fingerprint density at radius 1 is 1.18 bits per heavy atom. The van der Waals surface area contributed by atoms with Gasteiger partial charge in [-0.1, -0.05) is 42.5 Å². The Labute approximate surface area is 104 Å². The Kier molecular flexibility index (Phi) is 4.48. The Balaban J connectivity index is 2.52. The molecule has 0 aliphatic carbocycles. The average molecular weight is 253 g/mol. The molecule has 0 unspecified atom stereocenters. The minimum atomic E-state index is -3.25. The molecule has 0 spiro atoms. The van der Waals surface area contributed by atoms with Gasteiger partial charge in [-0.15, -0.1) is 0 Å². The summed E-state index contributed by atoms with van der Waals surface area (Å²) in [6, 6.07) is 9.77. The largest absolute Gasteiger partial charge is 0.216 e. The minimum Gasteiger partial charge on any atom is -0.212 e. The van der Waals surface area contributed by atoms with E-state index in [0.29, 0.717) is 6.54 Å². The monoisotopic (exact) mass is 253 g/mol. The summed E-state index contributed by atoms with van der Waals surface area (Å²) in [5, 5.41) is 0. The Hall–Kier alpha value is -1.13. The molecular weight excluding hydrogens is 234 g/mol. The van der Waals surface area contributed by atoms with Gasteiger partial charge in [-0.2, -0.15) is 0 Å². The maximum atomic E-state index is 11.7. The molecule has 1 aromatic rings. The van der Waals surface area contributed by atoms with Gasteiger partial charge in [-0.3, -0.25) is 0 Å². The van der Waals surface area contributed by atoms with Crippen molar-refractivity contribution in [3.05, 3.63) is 42.0 Å². The normalized spacial score (nSPS) is 13.1. The molecule has 0 bridgehead atoms. The number of sulfonamides is 1. The lowest BCUT2D eigenvalue weighted by Crippen LogP contribution is -2.39. The standard InChI is InChI=1S/C13H19NO2S/c1-13(2,3)17(15,16)14-11-7-10-12-8-5-4-6-9-12/h4-10,14H,11H2,1-3H3/b10-7+. The summed E-state index contributed by atoms with van der Waals surface area (Å²) in [6.45, 7) is 5.34. The van der Waals surface area contributed by atoms with E-state index in [4.69, 9.17) is 0 Å². The van der Waals surface area contributed by atoms with Gasteiger partial charge in [0.25, 0.3) is 0 Å². The van der Waals surface area contributed by atoms with Crippen LogP contribution in [-0.4, -0.2) is 19.7 Å². The van der Waals surface area contributed by atoms with Crippen molar-refractivity contribution in [2.45, 2.75) is 25.5 Å². The van der Waals surface area contributed by atoms with Crippen molar-refractivity contribution in [1.82, 2.24) is 4.72 Å². The van der Waals surface area contributed by atoms with E-state index in [9.17, 15) is 8.42 Å². The van der Waals surface area contributed by atoms with Crippen LogP contribution in [0.15, 0.2) is 36.4 Å². The molecule has 0 atom stereocenters. The van der Waals surface area contributed by atoms with Crippen molar-refractivity contribution >= 4 is 16.1 Å². The van der Waals surface area contributed by atoms with E-state index >= 15 is 0 Å². The van der Waals surface area contributed by atoms with Crippen LogP contribution in [0.1, 0.15) is 26.3 Å². The topological polar surface area (TPSA) is 46.2 Å². The molecule has 0 aliphatic rings. The molecule has 3 nitrogen and oxygen atoms in total. The van der Waals surface area contributed by atoms with Crippen LogP contribution in [0.25, 0.3) is 6.08 Å². The Bertz CT molecular complexity index is 470. The van der Waals surface area contributed by atoms with Gasteiger partial charge in [0.1, 0.15) is 0 Å². The summed E-state index contributed by atoms with van der Waals surface area (Å²) in [4.78, 5) is 0. The highest BCUT2D eigenvalue weighted by Crippen LogP contribution is 2.12. The molecule has 1 rings (SSSR count). The first-order chi connectivity index (χ1) is 7.83. The highest BCUT2D eigenvalue weighted by Gasteiger charge is 2.27. The molecule has 0 aliphatic heterocycles. The molecule has 1 aromatic carbocycles. The van der Waals surface area contributed by atoms with E-state index in [2.05, 4.69) is 4.72 Å². The van der Waals surface area contributed by atoms with Gasteiger partial charge < -0.3 is 0 Å². The first kappa shape index (κ1) is 13.9. The zero-order chi connectivity index (χ0) is 12.9. The maximum Gasteiger partial charge on any atom is 0.216 e. The highest BCUT2D eigenvalue weighted by atomic mass is 32.2. The van der Waals surface area contributed by atoms with E-state index in [1.54, 1.807) is 26.8 Å². The van der Waals surface area contributed by atoms with Gasteiger partial charge >= 0.3 is 0 Å². The first-order valence-corrected chi connectivity index (χ1v) is 7.02. The summed E-state index contributed by atoms with van der Waals surface area (Å²) >= 11 is 0. The van der Waals surface area contributed by atoms with Crippen LogP contribution in [0, 0.1) is 0 Å². The number of hydrogen-bond acceptors (Lipinski definition) is 2. The van der Waals surface area contributed by atoms with E-state index in [-0.39, 0.29) is 0 Å². The van der Waals surface area contributed by atoms with Gasteiger partial charge in [0.05, 0.1) is 4.75 Å². The summed E-state index contributed by atoms with van der Waals surface area (Å²) in [6.07, 6.45) is 3.70. The van der Waals surface area contributed by atoms with Gasteiger partial charge in [-0.25, -0.2) is 13.1 Å². The lowest BCUT2D eigenvalue weighted by Gasteiger charge is -2.18. The van der Waals surface area contributed by atoms with E-state index in [1.165, 1.54) is 0 Å². The third kappa shape index (κ3) is 4.32. The third-order valence-corrected chi connectivity index (χ3v) is 4.47. The second-order valence-corrected chi connectivity index (χ2v) is 7.30. The molecule has 17 heavy (non-hydrogen) atoms. The smallest absolute Gasteiger partial charge is 0.212 e. The summed E-state index contributed by atoms with van der Waals surface area (Å²) in [5.74, 6) is 0. The zero-order valence-corrected chi connectivity index (χ0v) is 11.3. The molecule has 0 amide bonds. The quantitative estimate of drug-likeness (QED) is 0.895. The SMILES string of the molecule is CC(C)(C)S(=O)(=O)NC/C=C/c1ccccc1. The molecule has 0 heterocycles. The second-order valence-electron chi connectivity index (χ2n) is 4.78. The second kappa shape index (κ2) is 5.47. The Morgan fingerprint density at radius 2 is 1.76 bits per heavy atom. The number of hydrogen-bond donors (Lipinski definition) is 1. The molecule has 0 fully saturated rings. The Morgan fingerprint density at radius 3 is 2.29 bits per heavy atom.